The molecule has 6 nitrogen and oxygen atoms in total. The molecule has 1 fully saturated rings. The maximum absolute atomic E-state index is 11.9. The van der Waals surface area contributed by atoms with E-state index in [1.165, 1.54) is 5.56 Å². The van der Waals surface area contributed by atoms with Crippen molar-refractivity contribution in [2.75, 3.05) is 31.6 Å². The molecule has 0 atom stereocenters. The van der Waals surface area contributed by atoms with Crippen molar-refractivity contribution >= 4 is 17.6 Å². The van der Waals surface area contributed by atoms with Gasteiger partial charge in [-0.3, -0.25) is 4.79 Å². The van der Waals surface area contributed by atoms with E-state index >= 15 is 0 Å². The monoisotopic (exact) mass is 408 g/mol. The molecule has 6 heteroatoms. The van der Waals surface area contributed by atoms with Crippen LogP contribution >= 0.6 is 0 Å². The molecule has 30 heavy (non-hydrogen) atoms. The zero-order valence-electron chi connectivity index (χ0n) is 18.2. The zero-order valence-corrected chi connectivity index (χ0v) is 18.2. The minimum atomic E-state index is 0.214. The maximum atomic E-state index is 11.9. The van der Waals surface area contributed by atoms with Gasteiger partial charge in [-0.05, 0) is 61.6 Å². The minimum Gasteiger partial charge on any atom is -0.496 e. The van der Waals surface area contributed by atoms with Crippen LogP contribution < -0.4 is 20.3 Å². The minimum absolute atomic E-state index is 0.214. The number of nitrogens with zero attached hydrogens (tertiary/aromatic N) is 2. The number of carbonyl (C=O) groups is 1. The van der Waals surface area contributed by atoms with Crippen LogP contribution in [0.4, 0.5) is 5.69 Å². The molecule has 1 heterocycles. The van der Waals surface area contributed by atoms with Gasteiger partial charge in [0, 0.05) is 31.7 Å². The van der Waals surface area contributed by atoms with Crippen LogP contribution in [0.3, 0.4) is 0 Å². The van der Waals surface area contributed by atoms with E-state index < -0.39 is 0 Å². The van der Waals surface area contributed by atoms with Crippen molar-refractivity contribution in [3.63, 3.8) is 0 Å². The van der Waals surface area contributed by atoms with Crippen molar-refractivity contribution in [1.29, 1.82) is 0 Å². The van der Waals surface area contributed by atoms with Crippen LogP contribution in [0.5, 0.6) is 5.75 Å². The maximum Gasteiger partial charge on any atom is 0.227 e. The lowest BCUT2D eigenvalue weighted by Crippen LogP contribution is -2.38. The van der Waals surface area contributed by atoms with E-state index in [1.807, 2.05) is 36.1 Å². The van der Waals surface area contributed by atoms with Crippen LogP contribution in [0.25, 0.3) is 0 Å². The summed E-state index contributed by atoms with van der Waals surface area (Å²) in [4.78, 5) is 18.4. The van der Waals surface area contributed by atoms with Gasteiger partial charge in [-0.15, -0.1) is 0 Å². The molecule has 3 rings (SSSR count). The molecule has 1 saturated heterocycles. The van der Waals surface area contributed by atoms with E-state index in [-0.39, 0.29) is 5.91 Å². The van der Waals surface area contributed by atoms with Gasteiger partial charge >= 0.3 is 0 Å². The number of methoxy groups -OCH3 is 1. The van der Waals surface area contributed by atoms with Gasteiger partial charge in [-0.2, -0.15) is 0 Å². The quantitative estimate of drug-likeness (QED) is 0.519. The third-order valence-corrected chi connectivity index (χ3v) is 5.26. The molecule has 0 aliphatic carbocycles. The van der Waals surface area contributed by atoms with Crippen molar-refractivity contribution < 1.29 is 9.53 Å². The van der Waals surface area contributed by atoms with Crippen LogP contribution in [-0.2, 0) is 17.8 Å². The summed E-state index contributed by atoms with van der Waals surface area (Å²) in [6.45, 7) is 7.10. The molecule has 0 radical (unpaired) electrons. The zero-order chi connectivity index (χ0) is 21.3. The highest BCUT2D eigenvalue weighted by molar-refractivity contribution is 5.95. The van der Waals surface area contributed by atoms with Gasteiger partial charge in [-0.1, -0.05) is 24.3 Å². The lowest BCUT2D eigenvalue weighted by atomic mass is 10.1. The average molecular weight is 409 g/mol. The van der Waals surface area contributed by atoms with E-state index in [0.29, 0.717) is 13.0 Å². The number of benzene rings is 2. The Morgan fingerprint density at radius 3 is 2.57 bits per heavy atom. The standard InChI is InChI=1S/C24H32N4O2/c1-4-25-24(26-14-13-19-8-7-18(2)22(16-19)30-3)27-17-20-9-11-21(12-10-20)28-15-5-6-23(28)29/h7-12,16H,4-6,13-15,17H2,1-3H3,(H2,25,26,27). The molecule has 2 N–H and O–H groups in total. The summed E-state index contributed by atoms with van der Waals surface area (Å²) in [5.41, 5.74) is 4.46. The fourth-order valence-corrected chi connectivity index (χ4v) is 3.56. The fraction of sp³-hybridized carbons (Fsp3) is 0.417. The Kier molecular flexibility index (Phi) is 7.71. The second-order valence-electron chi connectivity index (χ2n) is 7.49. The van der Waals surface area contributed by atoms with E-state index in [1.54, 1.807) is 7.11 Å². The van der Waals surface area contributed by atoms with Crippen LogP contribution in [-0.4, -0.2) is 38.6 Å². The first-order chi connectivity index (χ1) is 14.6. The second kappa shape index (κ2) is 10.7. The first-order valence-corrected chi connectivity index (χ1v) is 10.7. The molecule has 0 bridgehead atoms. The van der Waals surface area contributed by atoms with Crippen molar-refractivity contribution in [3.8, 4) is 5.75 Å². The van der Waals surface area contributed by atoms with Gasteiger partial charge in [0.25, 0.3) is 0 Å². The smallest absolute Gasteiger partial charge is 0.227 e. The Labute approximate surface area is 179 Å². The largest absolute Gasteiger partial charge is 0.496 e. The number of aliphatic imine (C=N–C) groups is 1. The summed E-state index contributed by atoms with van der Waals surface area (Å²) < 4.78 is 5.41. The number of anilines is 1. The van der Waals surface area contributed by atoms with Crippen LogP contribution in [0, 0.1) is 6.92 Å². The lowest BCUT2D eigenvalue weighted by molar-refractivity contribution is -0.117. The number of nitrogens with one attached hydrogen (secondary N) is 2. The number of amides is 1. The average Bonchev–Trinajstić information content (AvgIpc) is 3.19. The van der Waals surface area contributed by atoms with Gasteiger partial charge < -0.3 is 20.3 Å². The SMILES string of the molecule is CCNC(=NCc1ccc(N2CCCC2=O)cc1)NCCc1ccc(C)c(OC)c1. The number of rotatable bonds is 8. The third-order valence-electron chi connectivity index (χ3n) is 5.26. The Balaban J connectivity index is 1.54. The number of hydrogen-bond donors (Lipinski definition) is 2. The van der Waals surface area contributed by atoms with Gasteiger partial charge in [0.2, 0.25) is 5.91 Å². The summed E-state index contributed by atoms with van der Waals surface area (Å²) in [6.07, 6.45) is 2.48. The third kappa shape index (κ3) is 5.75. The molecule has 1 aliphatic heterocycles. The van der Waals surface area contributed by atoms with Crippen LogP contribution in [0.15, 0.2) is 47.5 Å². The molecule has 0 spiro atoms. The molecular weight excluding hydrogens is 376 g/mol. The molecular formula is C24H32N4O2. The number of carbonyl (C=O) groups excluding carboxylic acids is 1. The Hall–Kier alpha value is -3.02. The Morgan fingerprint density at radius 1 is 1.13 bits per heavy atom. The summed E-state index contributed by atoms with van der Waals surface area (Å²) >= 11 is 0. The Morgan fingerprint density at radius 2 is 1.90 bits per heavy atom. The molecule has 1 amide bonds. The molecule has 160 valence electrons. The molecule has 2 aromatic rings. The topological polar surface area (TPSA) is 66.0 Å². The highest BCUT2D eigenvalue weighted by Crippen LogP contribution is 2.22. The normalized spacial score (nSPS) is 14.2. The summed E-state index contributed by atoms with van der Waals surface area (Å²) in [5, 5.41) is 6.69. The van der Waals surface area contributed by atoms with Crippen LogP contribution in [0.2, 0.25) is 0 Å². The van der Waals surface area contributed by atoms with E-state index in [9.17, 15) is 4.79 Å². The molecule has 2 aromatic carbocycles. The van der Waals surface area contributed by atoms with Crippen LogP contribution in [0.1, 0.15) is 36.5 Å². The molecule has 0 unspecified atom stereocenters. The summed E-state index contributed by atoms with van der Waals surface area (Å²) in [6, 6.07) is 14.4. The van der Waals surface area contributed by atoms with Gasteiger partial charge in [0.1, 0.15) is 5.75 Å². The van der Waals surface area contributed by atoms with Gasteiger partial charge in [0.15, 0.2) is 5.96 Å². The van der Waals surface area contributed by atoms with E-state index in [2.05, 4.69) is 35.8 Å². The second-order valence-corrected chi connectivity index (χ2v) is 7.49. The van der Waals surface area contributed by atoms with Gasteiger partial charge in [0.05, 0.1) is 13.7 Å². The van der Waals surface area contributed by atoms with Crippen molar-refractivity contribution in [2.45, 2.75) is 39.7 Å². The van der Waals surface area contributed by atoms with E-state index in [4.69, 9.17) is 9.73 Å². The summed E-state index contributed by atoms with van der Waals surface area (Å²) in [7, 11) is 1.70. The predicted octanol–water partition coefficient (Wildman–Crippen LogP) is 3.43. The molecule has 1 aliphatic rings. The van der Waals surface area contributed by atoms with E-state index in [0.717, 1.165) is 61.0 Å². The van der Waals surface area contributed by atoms with Gasteiger partial charge in [-0.25, -0.2) is 4.99 Å². The first-order valence-electron chi connectivity index (χ1n) is 10.7. The van der Waals surface area contributed by atoms with Crippen molar-refractivity contribution in [2.24, 2.45) is 4.99 Å². The van der Waals surface area contributed by atoms with Crippen molar-refractivity contribution in [3.05, 3.63) is 59.2 Å². The highest BCUT2D eigenvalue weighted by Gasteiger charge is 2.21. The molecule has 0 aromatic heterocycles. The Bertz CT molecular complexity index is 877. The number of guanidine groups is 1. The highest BCUT2D eigenvalue weighted by atomic mass is 16.5. The first kappa shape index (κ1) is 21.7. The number of aryl methyl sites for hydroxylation is 1. The van der Waals surface area contributed by atoms with Crippen molar-refractivity contribution in [1.82, 2.24) is 10.6 Å². The summed E-state index contributed by atoms with van der Waals surface area (Å²) in [5.74, 6) is 1.94. The lowest BCUT2D eigenvalue weighted by Gasteiger charge is -2.16. The fourth-order valence-electron chi connectivity index (χ4n) is 3.56. The molecule has 0 saturated carbocycles. The number of hydrogen-bond acceptors (Lipinski definition) is 3. The number of ether oxygens (including phenoxy) is 1. The predicted molar refractivity (Wildman–Crippen MR) is 122 cm³/mol.